The molecule has 2 N–H and O–H groups in total. The molecule has 0 aromatic heterocycles. The summed E-state index contributed by atoms with van der Waals surface area (Å²) in [5, 5.41) is 11.9. The van der Waals surface area contributed by atoms with Crippen LogP contribution < -0.4 is 5.32 Å². The van der Waals surface area contributed by atoms with Crippen molar-refractivity contribution in [3.8, 4) is 0 Å². The van der Waals surface area contributed by atoms with E-state index >= 15 is 0 Å². The van der Waals surface area contributed by atoms with Crippen molar-refractivity contribution in [3.63, 3.8) is 0 Å². The number of aliphatic carboxylic acids is 1. The molecule has 5 heteroatoms. The number of aryl methyl sites for hydroxylation is 1. The Morgan fingerprint density at radius 3 is 2.77 bits per heavy atom. The van der Waals surface area contributed by atoms with Gasteiger partial charge in [-0.25, -0.2) is 0 Å². The van der Waals surface area contributed by atoms with Crippen molar-refractivity contribution in [3.05, 3.63) is 35.4 Å². The molecule has 5 nitrogen and oxygen atoms in total. The molecule has 0 aliphatic carbocycles. The van der Waals surface area contributed by atoms with E-state index in [1.165, 1.54) is 0 Å². The van der Waals surface area contributed by atoms with Crippen LogP contribution in [0.2, 0.25) is 0 Å². The Kier molecular flexibility index (Phi) is 8.22. The molecule has 1 unspecified atom stereocenters. The molecule has 1 rings (SSSR count). The predicted molar refractivity (Wildman–Crippen MR) is 84.7 cm³/mol. The van der Waals surface area contributed by atoms with Gasteiger partial charge in [-0.15, -0.1) is 0 Å². The van der Waals surface area contributed by atoms with Gasteiger partial charge in [0.05, 0.1) is 5.92 Å². The minimum absolute atomic E-state index is 0.0171. The monoisotopic (exact) mass is 307 g/mol. The van der Waals surface area contributed by atoms with E-state index < -0.39 is 11.9 Å². The van der Waals surface area contributed by atoms with Crippen molar-refractivity contribution in [2.45, 2.75) is 33.1 Å². The van der Waals surface area contributed by atoms with Gasteiger partial charge in [0.25, 0.3) is 0 Å². The van der Waals surface area contributed by atoms with Crippen molar-refractivity contribution in [1.29, 1.82) is 0 Å². The van der Waals surface area contributed by atoms with Crippen molar-refractivity contribution in [2.75, 3.05) is 19.8 Å². The Labute approximate surface area is 131 Å². The number of nitrogens with one attached hydrogen (secondary N) is 1. The first-order chi connectivity index (χ1) is 10.5. The Morgan fingerprint density at radius 1 is 1.36 bits per heavy atom. The van der Waals surface area contributed by atoms with Crippen LogP contribution in [0, 0.1) is 12.8 Å². The summed E-state index contributed by atoms with van der Waals surface area (Å²) in [7, 11) is 0. The van der Waals surface area contributed by atoms with Crippen molar-refractivity contribution < 1.29 is 19.4 Å². The van der Waals surface area contributed by atoms with Crippen molar-refractivity contribution in [2.24, 2.45) is 5.92 Å². The third-order valence-corrected chi connectivity index (χ3v) is 3.33. The minimum atomic E-state index is -0.909. The average Bonchev–Trinajstić information content (AvgIpc) is 2.47. The van der Waals surface area contributed by atoms with Crippen LogP contribution in [-0.4, -0.2) is 36.7 Å². The summed E-state index contributed by atoms with van der Waals surface area (Å²) in [6.07, 6.45) is 2.32. The highest BCUT2D eigenvalue weighted by molar-refractivity contribution is 5.78. The van der Waals surface area contributed by atoms with Crippen LogP contribution in [0.15, 0.2) is 24.3 Å². The van der Waals surface area contributed by atoms with Crippen LogP contribution in [-0.2, 0) is 20.7 Å². The molecule has 122 valence electrons. The second kappa shape index (κ2) is 9.95. The highest BCUT2D eigenvalue weighted by Gasteiger charge is 2.19. The first-order valence-corrected chi connectivity index (χ1v) is 7.65. The van der Waals surface area contributed by atoms with E-state index in [2.05, 4.69) is 5.32 Å². The fourth-order valence-corrected chi connectivity index (χ4v) is 2.07. The normalized spacial score (nSPS) is 11.9. The van der Waals surface area contributed by atoms with E-state index in [4.69, 9.17) is 4.74 Å². The molecule has 0 fully saturated rings. The van der Waals surface area contributed by atoms with Crippen LogP contribution >= 0.6 is 0 Å². The molecular weight excluding hydrogens is 282 g/mol. The van der Waals surface area contributed by atoms with E-state index in [1.807, 2.05) is 38.1 Å². The first kappa shape index (κ1) is 18.2. The highest BCUT2D eigenvalue weighted by atomic mass is 16.5. The molecule has 0 saturated carbocycles. The van der Waals surface area contributed by atoms with Gasteiger partial charge >= 0.3 is 5.97 Å². The lowest BCUT2D eigenvalue weighted by Crippen LogP contribution is -2.36. The van der Waals surface area contributed by atoms with E-state index in [-0.39, 0.29) is 19.1 Å². The second-order valence-corrected chi connectivity index (χ2v) is 5.44. The third kappa shape index (κ3) is 7.22. The lowest BCUT2D eigenvalue weighted by atomic mass is 9.98. The van der Waals surface area contributed by atoms with Gasteiger partial charge in [-0.3, -0.25) is 9.59 Å². The molecule has 22 heavy (non-hydrogen) atoms. The SMILES string of the molecule is CCCCOCC(=O)NCC(Cc1cccc(C)c1)C(=O)O. The topological polar surface area (TPSA) is 75.6 Å². The smallest absolute Gasteiger partial charge is 0.308 e. The number of carboxylic acid groups (broad SMARTS) is 1. The summed E-state index contributed by atoms with van der Waals surface area (Å²) in [5.41, 5.74) is 2.05. The van der Waals surface area contributed by atoms with Crippen LogP contribution in [0.3, 0.4) is 0 Å². The van der Waals surface area contributed by atoms with Gasteiger partial charge in [0, 0.05) is 13.2 Å². The number of carbonyl (C=O) groups is 2. The Balaban J connectivity index is 2.41. The highest BCUT2D eigenvalue weighted by Crippen LogP contribution is 2.11. The standard InChI is InChI=1S/C17H25NO4/c1-3-4-8-22-12-16(19)18-11-15(17(20)21)10-14-7-5-6-13(2)9-14/h5-7,9,15H,3-4,8,10-12H2,1-2H3,(H,18,19)(H,20,21). The van der Waals surface area contributed by atoms with Crippen molar-refractivity contribution in [1.82, 2.24) is 5.32 Å². The molecule has 0 bridgehead atoms. The van der Waals surface area contributed by atoms with E-state index in [0.29, 0.717) is 13.0 Å². The van der Waals surface area contributed by atoms with Gasteiger partial charge in [0.2, 0.25) is 5.91 Å². The lowest BCUT2D eigenvalue weighted by Gasteiger charge is -2.14. The number of carboxylic acids is 1. The number of hydrogen-bond donors (Lipinski definition) is 2. The van der Waals surface area contributed by atoms with Gasteiger partial charge in [0.1, 0.15) is 6.61 Å². The molecule has 1 amide bonds. The number of rotatable bonds is 10. The van der Waals surface area contributed by atoms with Crippen LogP contribution in [0.4, 0.5) is 0 Å². The Morgan fingerprint density at radius 2 is 2.14 bits per heavy atom. The average molecular weight is 307 g/mol. The zero-order chi connectivity index (χ0) is 16.4. The fourth-order valence-electron chi connectivity index (χ4n) is 2.07. The Bertz CT molecular complexity index is 487. The molecule has 0 aliphatic rings. The first-order valence-electron chi connectivity index (χ1n) is 7.65. The fraction of sp³-hybridized carbons (Fsp3) is 0.529. The van der Waals surface area contributed by atoms with Gasteiger partial charge in [-0.2, -0.15) is 0 Å². The summed E-state index contributed by atoms with van der Waals surface area (Å²) < 4.78 is 5.20. The summed E-state index contributed by atoms with van der Waals surface area (Å²) in [6.45, 7) is 4.66. The predicted octanol–water partition coefficient (Wildman–Crippen LogP) is 2.17. The molecular formula is C17H25NO4. The molecule has 1 aromatic carbocycles. The minimum Gasteiger partial charge on any atom is -0.481 e. The Hall–Kier alpha value is -1.88. The number of benzene rings is 1. The molecule has 0 spiro atoms. The molecule has 0 saturated heterocycles. The molecule has 0 radical (unpaired) electrons. The van der Waals surface area contributed by atoms with Gasteiger partial charge in [0.15, 0.2) is 0 Å². The number of unbranched alkanes of at least 4 members (excludes halogenated alkanes) is 1. The zero-order valence-electron chi connectivity index (χ0n) is 13.3. The lowest BCUT2D eigenvalue weighted by molar-refractivity contribution is -0.141. The number of ether oxygens (including phenoxy) is 1. The maximum absolute atomic E-state index is 11.6. The number of amides is 1. The van der Waals surface area contributed by atoms with Crippen LogP contribution in [0.25, 0.3) is 0 Å². The van der Waals surface area contributed by atoms with Crippen LogP contribution in [0.5, 0.6) is 0 Å². The largest absolute Gasteiger partial charge is 0.481 e. The summed E-state index contributed by atoms with van der Waals surface area (Å²) in [5.74, 6) is -1.82. The quantitative estimate of drug-likeness (QED) is 0.650. The van der Waals surface area contributed by atoms with Gasteiger partial charge in [-0.1, -0.05) is 43.2 Å². The molecule has 1 atom stereocenters. The third-order valence-electron chi connectivity index (χ3n) is 3.33. The van der Waals surface area contributed by atoms with E-state index in [0.717, 1.165) is 24.0 Å². The summed E-state index contributed by atoms with van der Waals surface area (Å²) >= 11 is 0. The van der Waals surface area contributed by atoms with E-state index in [9.17, 15) is 14.7 Å². The van der Waals surface area contributed by atoms with Crippen LogP contribution in [0.1, 0.15) is 30.9 Å². The van der Waals surface area contributed by atoms with Crippen molar-refractivity contribution >= 4 is 11.9 Å². The van der Waals surface area contributed by atoms with Gasteiger partial charge < -0.3 is 15.2 Å². The molecule has 0 heterocycles. The van der Waals surface area contributed by atoms with E-state index in [1.54, 1.807) is 0 Å². The maximum atomic E-state index is 11.6. The number of carbonyl (C=O) groups excluding carboxylic acids is 1. The van der Waals surface area contributed by atoms with Gasteiger partial charge in [-0.05, 0) is 25.3 Å². The second-order valence-electron chi connectivity index (χ2n) is 5.44. The molecule has 1 aromatic rings. The summed E-state index contributed by atoms with van der Waals surface area (Å²) in [6, 6.07) is 7.74. The zero-order valence-corrected chi connectivity index (χ0v) is 13.3. The maximum Gasteiger partial charge on any atom is 0.308 e. The summed E-state index contributed by atoms with van der Waals surface area (Å²) in [4.78, 5) is 22.9. The number of hydrogen-bond acceptors (Lipinski definition) is 3. The molecule has 0 aliphatic heterocycles.